The Morgan fingerprint density at radius 2 is 2.00 bits per heavy atom. The van der Waals surface area contributed by atoms with E-state index in [0.29, 0.717) is 5.02 Å². The summed E-state index contributed by atoms with van der Waals surface area (Å²) in [6, 6.07) is 7.51. The molecule has 2 atom stereocenters. The number of aliphatic imine (C=N–C) groups is 1. The average Bonchev–Trinajstić information content (AvgIpc) is 2.63. The zero-order valence-corrected chi connectivity index (χ0v) is 15.2. The van der Waals surface area contributed by atoms with Crippen LogP contribution < -0.4 is 0 Å². The Morgan fingerprint density at radius 1 is 1.29 bits per heavy atom. The maximum Gasteiger partial charge on any atom is 0.178 e. The Kier molecular flexibility index (Phi) is 5.63. The maximum atomic E-state index is 11.3. The lowest BCUT2D eigenvalue weighted by atomic mass is 9.97. The van der Waals surface area contributed by atoms with Gasteiger partial charge in [-0.2, -0.15) is 0 Å². The highest BCUT2D eigenvalue weighted by molar-refractivity contribution is 8.93. The van der Waals surface area contributed by atoms with E-state index in [4.69, 9.17) is 11.6 Å². The van der Waals surface area contributed by atoms with Crippen molar-refractivity contribution in [3.8, 4) is 0 Å². The summed E-state index contributed by atoms with van der Waals surface area (Å²) in [6.07, 6.45) is 3.41. The number of rotatable bonds is 1. The summed E-state index contributed by atoms with van der Waals surface area (Å²) in [7, 11) is 0. The van der Waals surface area contributed by atoms with Gasteiger partial charge in [-0.1, -0.05) is 35.5 Å². The fourth-order valence-corrected chi connectivity index (χ4v) is 4.27. The van der Waals surface area contributed by atoms with E-state index in [1.165, 1.54) is 6.42 Å². The van der Waals surface area contributed by atoms with Crippen LogP contribution in [0.2, 0.25) is 5.02 Å². The van der Waals surface area contributed by atoms with Crippen molar-refractivity contribution in [2.45, 2.75) is 37.2 Å². The molecule has 2 heterocycles. The summed E-state index contributed by atoms with van der Waals surface area (Å²) < 4.78 is 0. The van der Waals surface area contributed by atoms with E-state index in [0.717, 1.165) is 36.7 Å². The first kappa shape index (κ1) is 17.1. The van der Waals surface area contributed by atoms with Gasteiger partial charge in [0.25, 0.3) is 0 Å². The van der Waals surface area contributed by atoms with Crippen molar-refractivity contribution in [2.75, 3.05) is 13.1 Å². The number of hydrogen-bond donors (Lipinski definition) is 1. The van der Waals surface area contributed by atoms with Crippen LogP contribution in [0, 0.1) is 0 Å². The first-order valence-corrected chi connectivity index (χ1v) is 8.35. The molecule has 2 aliphatic rings. The Hall–Kier alpha value is -0.230. The minimum atomic E-state index is -0.981. The molecule has 0 radical (unpaired) electrons. The fraction of sp³-hybridized carbons (Fsp3) is 0.533. The summed E-state index contributed by atoms with van der Waals surface area (Å²) in [5.41, 5.74) is -0.0847. The van der Waals surface area contributed by atoms with Gasteiger partial charge in [0.1, 0.15) is 0 Å². The highest BCUT2D eigenvalue weighted by Gasteiger charge is 2.50. The predicted octanol–water partition coefficient (Wildman–Crippen LogP) is 4.04. The molecule has 2 aliphatic heterocycles. The second-order valence-electron chi connectivity index (χ2n) is 5.37. The summed E-state index contributed by atoms with van der Waals surface area (Å²) >= 11 is 7.63. The zero-order valence-electron chi connectivity index (χ0n) is 12.0. The number of halogens is 2. The van der Waals surface area contributed by atoms with Crippen LogP contribution in [0.25, 0.3) is 0 Å². The third-order valence-electron chi connectivity index (χ3n) is 4.05. The minimum absolute atomic E-state index is 0. The Balaban J connectivity index is 0.00000161. The summed E-state index contributed by atoms with van der Waals surface area (Å²) in [5, 5.41) is 13.0. The van der Waals surface area contributed by atoms with Crippen LogP contribution in [0.5, 0.6) is 0 Å². The van der Waals surface area contributed by atoms with Gasteiger partial charge >= 0.3 is 0 Å². The second kappa shape index (κ2) is 6.90. The van der Waals surface area contributed by atoms with Crippen molar-refractivity contribution < 1.29 is 5.11 Å². The molecule has 1 saturated heterocycles. The third kappa shape index (κ3) is 3.11. The quantitative estimate of drug-likeness (QED) is 0.785. The standard InChI is InChI=1S/C15H19ClN2OS.BrH/c1-11-15(19,12-5-7-13(16)8-6-12)18-10-4-2-3-9-17-14(18)20-11;/h5-8,11,19H,2-4,9-10H2,1H3;1H. The first-order chi connectivity index (χ1) is 9.62. The highest BCUT2D eigenvalue weighted by atomic mass is 79.9. The van der Waals surface area contributed by atoms with Gasteiger partial charge in [0.05, 0.1) is 5.25 Å². The normalized spacial score (nSPS) is 29.0. The molecule has 0 bridgehead atoms. The van der Waals surface area contributed by atoms with E-state index in [1.54, 1.807) is 11.8 Å². The Bertz CT molecular complexity index is 525. The van der Waals surface area contributed by atoms with E-state index in [1.807, 2.05) is 24.3 Å². The lowest BCUT2D eigenvalue weighted by molar-refractivity contribution is -0.0681. The number of amidine groups is 1. The monoisotopic (exact) mass is 390 g/mol. The number of fused-ring (bicyclic) bond motifs is 1. The number of aliphatic hydroxyl groups is 1. The zero-order chi connectivity index (χ0) is 14.2. The first-order valence-electron chi connectivity index (χ1n) is 7.09. The molecule has 21 heavy (non-hydrogen) atoms. The number of benzene rings is 1. The molecule has 3 rings (SSSR count). The summed E-state index contributed by atoms with van der Waals surface area (Å²) in [5.74, 6) is 0. The van der Waals surface area contributed by atoms with Gasteiger partial charge in [-0.25, -0.2) is 0 Å². The molecular formula is C15H20BrClN2OS. The van der Waals surface area contributed by atoms with Gasteiger partial charge in [0.2, 0.25) is 0 Å². The van der Waals surface area contributed by atoms with Crippen LogP contribution in [0.4, 0.5) is 0 Å². The van der Waals surface area contributed by atoms with Crippen molar-refractivity contribution in [3.63, 3.8) is 0 Å². The average molecular weight is 392 g/mol. The largest absolute Gasteiger partial charge is 0.366 e. The van der Waals surface area contributed by atoms with Crippen LogP contribution >= 0.6 is 40.3 Å². The molecule has 0 saturated carbocycles. The van der Waals surface area contributed by atoms with Crippen molar-refractivity contribution in [3.05, 3.63) is 34.9 Å². The van der Waals surface area contributed by atoms with Gasteiger partial charge in [0.15, 0.2) is 10.9 Å². The number of nitrogens with zero attached hydrogens (tertiary/aromatic N) is 2. The van der Waals surface area contributed by atoms with Crippen LogP contribution in [0.1, 0.15) is 31.7 Å². The van der Waals surface area contributed by atoms with Crippen molar-refractivity contribution in [1.29, 1.82) is 0 Å². The van der Waals surface area contributed by atoms with Crippen molar-refractivity contribution in [1.82, 2.24) is 4.90 Å². The van der Waals surface area contributed by atoms with Gasteiger partial charge in [0, 0.05) is 23.7 Å². The molecule has 0 spiro atoms. The summed E-state index contributed by atoms with van der Waals surface area (Å²) in [4.78, 5) is 6.73. The van der Waals surface area contributed by atoms with E-state index in [-0.39, 0.29) is 22.2 Å². The Labute approximate surface area is 145 Å². The van der Waals surface area contributed by atoms with Crippen molar-refractivity contribution >= 4 is 45.5 Å². The molecule has 1 fully saturated rings. The van der Waals surface area contributed by atoms with E-state index in [2.05, 4.69) is 16.8 Å². The van der Waals surface area contributed by atoms with Crippen molar-refractivity contribution in [2.24, 2.45) is 4.99 Å². The van der Waals surface area contributed by atoms with Gasteiger partial charge in [-0.3, -0.25) is 4.99 Å². The number of hydrogen-bond acceptors (Lipinski definition) is 4. The molecule has 2 unspecified atom stereocenters. The molecule has 116 valence electrons. The molecule has 0 aromatic heterocycles. The lowest BCUT2D eigenvalue weighted by Gasteiger charge is -2.37. The SMILES string of the molecule is Br.CC1SC2=NCCCCCN2C1(O)c1ccc(Cl)cc1. The highest BCUT2D eigenvalue weighted by Crippen LogP contribution is 2.45. The molecular weight excluding hydrogens is 372 g/mol. The van der Waals surface area contributed by atoms with Gasteiger partial charge in [-0.05, 0) is 38.3 Å². The smallest absolute Gasteiger partial charge is 0.178 e. The molecule has 0 aliphatic carbocycles. The van der Waals surface area contributed by atoms with Crippen LogP contribution in [0.15, 0.2) is 29.3 Å². The molecule has 0 amide bonds. The maximum absolute atomic E-state index is 11.3. The van der Waals surface area contributed by atoms with Crippen LogP contribution in [-0.4, -0.2) is 33.5 Å². The van der Waals surface area contributed by atoms with Crippen LogP contribution in [-0.2, 0) is 5.72 Å². The van der Waals surface area contributed by atoms with Crippen LogP contribution in [0.3, 0.4) is 0 Å². The second-order valence-corrected chi connectivity index (χ2v) is 7.11. The Morgan fingerprint density at radius 3 is 2.71 bits per heavy atom. The summed E-state index contributed by atoms with van der Waals surface area (Å²) in [6.45, 7) is 3.78. The van der Waals surface area contributed by atoms with E-state index < -0.39 is 5.72 Å². The molecule has 1 N–H and O–H groups in total. The van der Waals surface area contributed by atoms with E-state index >= 15 is 0 Å². The molecule has 3 nitrogen and oxygen atoms in total. The number of thioether (sulfide) groups is 1. The molecule has 1 aromatic rings. The minimum Gasteiger partial charge on any atom is -0.366 e. The third-order valence-corrected chi connectivity index (χ3v) is 5.54. The van der Waals surface area contributed by atoms with Gasteiger partial charge in [-0.15, -0.1) is 17.0 Å². The van der Waals surface area contributed by atoms with Gasteiger partial charge < -0.3 is 10.0 Å². The molecule has 6 heteroatoms. The van der Waals surface area contributed by atoms with E-state index in [9.17, 15) is 5.11 Å². The predicted molar refractivity (Wildman–Crippen MR) is 95.6 cm³/mol. The molecule has 1 aromatic carbocycles. The topological polar surface area (TPSA) is 35.8 Å². The fourth-order valence-electron chi connectivity index (χ4n) is 2.88. The lowest BCUT2D eigenvalue weighted by Crippen LogP contribution is -2.48.